The van der Waals surface area contributed by atoms with E-state index in [2.05, 4.69) is 0 Å². The van der Waals surface area contributed by atoms with Crippen molar-refractivity contribution >= 4 is 23.1 Å². The molecule has 0 rings (SSSR count). The van der Waals surface area contributed by atoms with Crippen LogP contribution in [0.4, 0.5) is 14.1 Å². The Labute approximate surface area is 37.8 Å². The number of halogens is 3. The van der Waals surface area contributed by atoms with E-state index >= 15 is 0 Å². The maximum absolute atomic E-state index is 0. The van der Waals surface area contributed by atoms with Gasteiger partial charge in [0.15, 0.2) is 0 Å². The molecule has 0 fully saturated rings. The van der Waals surface area contributed by atoms with Gasteiger partial charge in [0.05, 0.1) is 0 Å². The van der Waals surface area contributed by atoms with Crippen molar-refractivity contribution in [3.8, 4) is 0 Å². The predicted molar refractivity (Wildman–Crippen MR) is 13.3 cm³/mol. The van der Waals surface area contributed by atoms with Crippen molar-refractivity contribution in [2.75, 3.05) is 0 Å². The van der Waals surface area contributed by atoms with E-state index in [1.54, 1.807) is 0 Å². The minimum atomic E-state index is 0. The topological polar surface area (TPSA) is 0 Å². The van der Waals surface area contributed by atoms with Gasteiger partial charge in [0.1, 0.15) is 0 Å². The summed E-state index contributed by atoms with van der Waals surface area (Å²) in [5, 5.41) is 0. The van der Waals surface area contributed by atoms with Gasteiger partial charge in [-0.3, -0.25) is 14.1 Å². The molecule has 2 radical (unpaired) electrons. The van der Waals surface area contributed by atoms with Crippen LogP contribution in [-0.4, -0.2) is 23.1 Å². The summed E-state index contributed by atoms with van der Waals surface area (Å²) in [5.41, 5.74) is 0. The molecule has 0 bridgehead atoms. The third-order valence-corrected chi connectivity index (χ3v) is 0. The van der Waals surface area contributed by atoms with Crippen molar-refractivity contribution in [1.82, 2.24) is 0 Å². The summed E-state index contributed by atoms with van der Waals surface area (Å²) in [4.78, 5) is 0. The van der Waals surface area contributed by atoms with Gasteiger partial charge < -0.3 is 0 Å². The quantitative estimate of drug-likeness (QED) is 0.365. The number of rotatable bonds is 0. The monoisotopic (exact) mass is 84.0 g/mol. The second-order valence-corrected chi connectivity index (χ2v) is 0. The zero-order chi connectivity index (χ0) is 0. The van der Waals surface area contributed by atoms with E-state index in [-0.39, 0.29) is 37.2 Å². The SMILES string of the molecule is F.F.F.[Mg]. The standard InChI is InChI=1S/3FH.Mg/h3*1H;. The zero-order valence-electron chi connectivity index (χ0n) is 1.93. The molecule has 0 amide bonds. The Balaban J connectivity index is 0. The van der Waals surface area contributed by atoms with Crippen molar-refractivity contribution in [2.45, 2.75) is 0 Å². The van der Waals surface area contributed by atoms with Crippen molar-refractivity contribution in [3.63, 3.8) is 0 Å². The maximum Gasteiger partial charge on any atom is 0 e. The van der Waals surface area contributed by atoms with Gasteiger partial charge in [-0.1, -0.05) is 0 Å². The Kier molecular flexibility index (Phi) is 3500. The molecule has 0 aromatic heterocycles. The molecule has 0 atom stereocenters. The van der Waals surface area contributed by atoms with Gasteiger partial charge in [-0.05, 0) is 0 Å². The maximum atomic E-state index is 0. The van der Waals surface area contributed by atoms with E-state index < -0.39 is 0 Å². The molecule has 26 valence electrons. The lowest BCUT2D eigenvalue weighted by Gasteiger charge is -0.270. The van der Waals surface area contributed by atoms with Gasteiger partial charge in [-0.15, -0.1) is 0 Å². The zero-order valence-corrected chi connectivity index (χ0v) is 3.35. The lowest BCUT2D eigenvalue weighted by atomic mass is 19.0. The number of hydrogen-bond donors (Lipinski definition) is 0. The molecule has 0 N–H and O–H groups in total. The molecule has 0 nitrogen and oxygen atoms in total. The molecule has 0 spiro atoms. The van der Waals surface area contributed by atoms with Crippen LogP contribution in [-0.2, 0) is 0 Å². The van der Waals surface area contributed by atoms with Crippen LogP contribution in [0.15, 0.2) is 0 Å². The molecule has 4 heteroatoms. The first kappa shape index (κ1) is 186. The molecule has 0 saturated carbocycles. The lowest BCUT2D eigenvalue weighted by molar-refractivity contribution is 1.11. The summed E-state index contributed by atoms with van der Waals surface area (Å²) >= 11 is 0. The molecule has 0 aliphatic carbocycles. The fourth-order valence-electron chi connectivity index (χ4n) is 0. The summed E-state index contributed by atoms with van der Waals surface area (Å²) in [6, 6.07) is 0. The summed E-state index contributed by atoms with van der Waals surface area (Å²) in [5.74, 6) is 0. The van der Waals surface area contributed by atoms with Crippen molar-refractivity contribution in [3.05, 3.63) is 0 Å². The van der Waals surface area contributed by atoms with Crippen molar-refractivity contribution in [2.24, 2.45) is 0 Å². The summed E-state index contributed by atoms with van der Waals surface area (Å²) in [7, 11) is 0. The van der Waals surface area contributed by atoms with Gasteiger partial charge in [-0.25, -0.2) is 0 Å². The van der Waals surface area contributed by atoms with Crippen LogP contribution in [0.25, 0.3) is 0 Å². The second-order valence-electron chi connectivity index (χ2n) is 0. The Hall–Kier alpha value is 0.556. The molecule has 0 unspecified atom stereocenters. The summed E-state index contributed by atoms with van der Waals surface area (Å²) in [6.07, 6.45) is 0. The molecule has 0 aliphatic heterocycles. The van der Waals surface area contributed by atoms with Crippen molar-refractivity contribution in [1.29, 1.82) is 0 Å². The Bertz CT molecular complexity index is 3.25. The lowest BCUT2D eigenvalue weighted by Crippen LogP contribution is -0.381. The van der Waals surface area contributed by atoms with E-state index in [1.807, 2.05) is 0 Å². The highest BCUT2D eigenvalue weighted by Gasteiger charge is 0.0000112. The Morgan fingerprint density at radius 1 is 0.500 bits per heavy atom. The van der Waals surface area contributed by atoms with Gasteiger partial charge in [0, 0.05) is 23.1 Å². The molecular weight excluding hydrogens is 81.3 g/mol. The first-order valence-electron chi connectivity index (χ1n) is 0. The molecule has 4 heavy (non-hydrogen) atoms. The Morgan fingerprint density at radius 3 is 0.500 bits per heavy atom. The van der Waals surface area contributed by atoms with Crippen LogP contribution in [0.3, 0.4) is 0 Å². The molecule has 0 heterocycles. The highest BCUT2D eigenvalue weighted by atomic mass is 24.3. The third kappa shape index (κ3) is 20.0. The molecule has 0 saturated heterocycles. The largest absolute Gasteiger partial charge is 0.269 e. The van der Waals surface area contributed by atoms with Crippen LogP contribution in [0.5, 0.6) is 0 Å². The molecular formula is H3F3Mg. The summed E-state index contributed by atoms with van der Waals surface area (Å²) < 4.78 is 0. The summed E-state index contributed by atoms with van der Waals surface area (Å²) in [6.45, 7) is 0. The fourth-order valence-corrected chi connectivity index (χ4v) is 0. The van der Waals surface area contributed by atoms with Crippen LogP contribution in [0, 0.1) is 0 Å². The third-order valence-electron chi connectivity index (χ3n) is 0. The normalized spacial score (nSPS) is 0. The molecule has 0 aromatic rings. The van der Waals surface area contributed by atoms with Gasteiger partial charge in [-0.2, -0.15) is 0 Å². The van der Waals surface area contributed by atoms with E-state index in [0.29, 0.717) is 0 Å². The Morgan fingerprint density at radius 2 is 0.500 bits per heavy atom. The highest BCUT2D eigenvalue weighted by molar-refractivity contribution is 5.75. The first-order chi connectivity index (χ1) is 0. The number of hydrogen-bond acceptors (Lipinski definition) is 0. The van der Waals surface area contributed by atoms with Crippen LogP contribution >= 0.6 is 0 Å². The first-order valence-corrected chi connectivity index (χ1v) is 0. The van der Waals surface area contributed by atoms with E-state index in [0.717, 1.165) is 0 Å². The van der Waals surface area contributed by atoms with Crippen LogP contribution in [0.1, 0.15) is 0 Å². The van der Waals surface area contributed by atoms with Gasteiger partial charge >= 0.3 is 0 Å². The fraction of sp³-hybridized carbons (Fsp3) is 0. The average molecular weight is 84.3 g/mol. The highest BCUT2D eigenvalue weighted by Crippen LogP contribution is 0.422. The van der Waals surface area contributed by atoms with Gasteiger partial charge in [0.2, 0.25) is 0 Å². The van der Waals surface area contributed by atoms with E-state index in [9.17, 15) is 0 Å². The average Bonchev–Trinajstić information content (AvgIpc) is 0. The van der Waals surface area contributed by atoms with Crippen LogP contribution in [0.2, 0.25) is 0 Å². The molecule has 0 aromatic carbocycles. The second kappa shape index (κ2) is 75.1. The van der Waals surface area contributed by atoms with Gasteiger partial charge in [0.25, 0.3) is 0 Å². The van der Waals surface area contributed by atoms with Crippen LogP contribution < -0.4 is 0 Å². The smallest absolute Gasteiger partial charge is 0 e. The van der Waals surface area contributed by atoms with Crippen molar-refractivity contribution < 1.29 is 14.1 Å². The minimum absolute atomic E-state index is 0. The predicted octanol–water partition coefficient (Wildman–Crippen LogP) is 0.0767. The van der Waals surface area contributed by atoms with E-state index in [4.69, 9.17) is 0 Å². The molecule has 0 aliphatic rings. The van der Waals surface area contributed by atoms with E-state index in [1.165, 1.54) is 0 Å². The minimum Gasteiger partial charge on any atom is -0.269 e.